The normalized spacial score (nSPS) is 21.6. The van der Waals surface area contributed by atoms with Crippen LogP contribution in [0.15, 0.2) is 0 Å². The van der Waals surface area contributed by atoms with Crippen LogP contribution >= 0.6 is 0 Å². The fraction of sp³-hybridized carbons (Fsp3) is 0.778. The Labute approximate surface area is 82.9 Å². The third-order valence-electron chi connectivity index (χ3n) is 2.23. The highest BCUT2D eigenvalue weighted by molar-refractivity contribution is 5.80. The van der Waals surface area contributed by atoms with Gasteiger partial charge in [-0.15, -0.1) is 0 Å². The van der Waals surface area contributed by atoms with Crippen LogP contribution in [-0.4, -0.2) is 36.1 Å². The van der Waals surface area contributed by atoms with Crippen molar-refractivity contribution in [2.75, 3.05) is 13.1 Å². The molecular weight excluding hydrogens is 184 g/mol. The largest absolute Gasteiger partial charge is 0.481 e. The van der Waals surface area contributed by atoms with Crippen molar-refractivity contribution in [3.05, 3.63) is 0 Å². The van der Waals surface area contributed by atoms with Crippen molar-refractivity contribution < 1.29 is 14.7 Å². The smallest absolute Gasteiger partial charge is 0.303 e. The molecule has 1 heterocycles. The Morgan fingerprint density at radius 2 is 2.21 bits per heavy atom. The molecule has 14 heavy (non-hydrogen) atoms. The predicted molar refractivity (Wildman–Crippen MR) is 50.9 cm³/mol. The zero-order chi connectivity index (χ0) is 10.4. The molecule has 0 aromatic carbocycles. The molecule has 1 atom stereocenters. The number of carbonyl (C=O) groups is 2. The SMILES string of the molecule is O=C(O)CCC(=O)N[C@H]1CCCNC1. The highest BCUT2D eigenvalue weighted by Crippen LogP contribution is 2.01. The molecule has 0 radical (unpaired) electrons. The fourth-order valence-electron chi connectivity index (χ4n) is 1.50. The Morgan fingerprint density at radius 3 is 2.79 bits per heavy atom. The summed E-state index contributed by atoms with van der Waals surface area (Å²) >= 11 is 0. The Morgan fingerprint density at radius 1 is 1.43 bits per heavy atom. The van der Waals surface area contributed by atoms with Crippen LogP contribution in [0.5, 0.6) is 0 Å². The average Bonchev–Trinajstić information content (AvgIpc) is 2.16. The Balaban J connectivity index is 2.15. The lowest BCUT2D eigenvalue weighted by molar-refractivity contribution is -0.138. The second-order valence-corrected chi connectivity index (χ2v) is 3.50. The molecule has 0 bridgehead atoms. The maximum atomic E-state index is 11.2. The Kier molecular flexibility index (Phi) is 4.39. The number of nitrogens with one attached hydrogen (secondary N) is 2. The lowest BCUT2D eigenvalue weighted by Crippen LogP contribution is -2.45. The van der Waals surface area contributed by atoms with E-state index in [0.29, 0.717) is 0 Å². The van der Waals surface area contributed by atoms with Gasteiger partial charge in [0.2, 0.25) is 5.91 Å². The fourth-order valence-corrected chi connectivity index (χ4v) is 1.50. The highest BCUT2D eigenvalue weighted by Gasteiger charge is 2.15. The third-order valence-corrected chi connectivity index (χ3v) is 2.23. The molecule has 1 saturated heterocycles. The van der Waals surface area contributed by atoms with Gasteiger partial charge in [0, 0.05) is 19.0 Å². The van der Waals surface area contributed by atoms with Crippen molar-refractivity contribution >= 4 is 11.9 Å². The van der Waals surface area contributed by atoms with Gasteiger partial charge in [0.05, 0.1) is 6.42 Å². The van der Waals surface area contributed by atoms with Crippen LogP contribution in [0.25, 0.3) is 0 Å². The van der Waals surface area contributed by atoms with Crippen LogP contribution in [0.1, 0.15) is 25.7 Å². The van der Waals surface area contributed by atoms with E-state index < -0.39 is 5.97 Å². The number of aliphatic carboxylic acids is 1. The molecule has 1 fully saturated rings. The summed E-state index contributed by atoms with van der Waals surface area (Å²) in [6, 6.07) is 0.171. The molecule has 5 nitrogen and oxygen atoms in total. The number of carboxylic acids is 1. The first-order valence-electron chi connectivity index (χ1n) is 4.90. The first kappa shape index (κ1) is 11.0. The number of carboxylic acid groups (broad SMARTS) is 1. The number of rotatable bonds is 4. The number of hydrogen-bond acceptors (Lipinski definition) is 3. The molecular formula is C9H16N2O3. The van der Waals surface area contributed by atoms with Gasteiger partial charge < -0.3 is 15.7 Å². The van der Waals surface area contributed by atoms with Crippen molar-refractivity contribution in [2.45, 2.75) is 31.7 Å². The molecule has 80 valence electrons. The standard InChI is InChI=1S/C9H16N2O3/c12-8(3-4-9(13)14)11-7-2-1-5-10-6-7/h7,10H,1-6H2,(H,11,12)(H,13,14)/t7-/m0/s1. The molecule has 1 rings (SSSR count). The molecule has 0 spiro atoms. The van der Waals surface area contributed by atoms with Crippen molar-refractivity contribution in [3.63, 3.8) is 0 Å². The zero-order valence-corrected chi connectivity index (χ0v) is 8.08. The van der Waals surface area contributed by atoms with Gasteiger partial charge in [-0.05, 0) is 19.4 Å². The van der Waals surface area contributed by atoms with Crippen molar-refractivity contribution in [1.82, 2.24) is 10.6 Å². The summed E-state index contributed by atoms with van der Waals surface area (Å²) in [5, 5.41) is 14.4. The summed E-state index contributed by atoms with van der Waals surface area (Å²) in [5.74, 6) is -1.09. The third kappa shape index (κ3) is 4.23. The van der Waals surface area contributed by atoms with Crippen LogP contribution < -0.4 is 10.6 Å². The van der Waals surface area contributed by atoms with E-state index in [0.717, 1.165) is 25.9 Å². The summed E-state index contributed by atoms with van der Waals surface area (Å²) < 4.78 is 0. The molecule has 1 aliphatic heterocycles. The van der Waals surface area contributed by atoms with E-state index in [-0.39, 0.29) is 24.8 Å². The van der Waals surface area contributed by atoms with E-state index in [1.54, 1.807) is 0 Å². The molecule has 0 saturated carbocycles. The topological polar surface area (TPSA) is 78.4 Å². The van der Waals surface area contributed by atoms with Gasteiger partial charge in [0.15, 0.2) is 0 Å². The number of hydrogen-bond donors (Lipinski definition) is 3. The van der Waals surface area contributed by atoms with E-state index in [2.05, 4.69) is 10.6 Å². The van der Waals surface area contributed by atoms with Crippen LogP contribution in [0.3, 0.4) is 0 Å². The van der Waals surface area contributed by atoms with E-state index >= 15 is 0 Å². The molecule has 0 aromatic rings. The molecule has 0 aromatic heterocycles. The van der Waals surface area contributed by atoms with Gasteiger partial charge >= 0.3 is 5.97 Å². The van der Waals surface area contributed by atoms with Crippen LogP contribution in [0.2, 0.25) is 0 Å². The quantitative estimate of drug-likeness (QED) is 0.583. The minimum Gasteiger partial charge on any atom is -0.481 e. The molecule has 1 amide bonds. The van der Waals surface area contributed by atoms with Crippen LogP contribution in [-0.2, 0) is 9.59 Å². The maximum Gasteiger partial charge on any atom is 0.303 e. The summed E-state index contributed by atoms with van der Waals surface area (Å²) in [4.78, 5) is 21.4. The Bertz CT molecular complexity index is 212. The highest BCUT2D eigenvalue weighted by atomic mass is 16.4. The van der Waals surface area contributed by atoms with Gasteiger partial charge in [0.1, 0.15) is 0 Å². The average molecular weight is 200 g/mol. The molecule has 0 unspecified atom stereocenters. The summed E-state index contributed by atoms with van der Waals surface area (Å²) in [7, 11) is 0. The van der Waals surface area contributed by atoms with E-state index in [4.69, 9.17) is 5.11 Å². The zero-order valence-electron chi connectivity index (χ0n) is 8.08. The molecule has 3 N–H and O–H groups in total. The summed E-state index contributed by atoms with van der Waals surface area (Å²) in [6.07, 6.45) is 2.02. The molecule has 0 aliphatic carbocycles. The van der Waals surface area contributed by atoms with E-state index in [1.165, 1.54) is 0 Å². The van der Waals surface area contributed by atoms with E-state index in [9.17, 15) is 9.59 Å². The van der Waals surface area contributed by atoms with Gasteiger partial charge in [-0.2, -0.15) is 0 Å². The number of carbonyl (C=O) groups excluding carboxylic acids is 1. The monoisotopic (exact) mass is 200 g/mol. The van der Waals surface area contributed by atoms with Crippen LogP contribution in [0, 0.1) is 0 Å². The lowest BCUT2D eigenvalue weighted by Gasteiger charge is -2.23. The summed E-state index contributed by atoms with van der Waals surface area (Å²) in [5.41, 5.74) is 0. The second kappa shape index (κ2) is 5.59. The number of piperidine rings is 1. The van der Waals surface area contributed by atoms with Gasteiger partial charge in [-0.1, -0.05) is 0 Å². The first-order valence-corrected chi connectivity index (χ1v) is 4.90. The second-order valence-electron chi connectivity index (χ2n) is 3.50. The minimum atomic E-state index is -0.929. The van der Waals surface area contributed by atoms with Crippen LogP contribution in [0.4, 0.5) is 0 Å². The van der Waals surface area contributed by atoms with Crippen molar-refractivity contribution in [3.8, 4) is 0 Å². The molecule has 5 heteroatoms. The lowest BCUT2D eigenvalue weighted by atomic mass is 10.1. The first-order chi connectivity index (χ1) is 6.68. The van der Waals surface area contributed by atoms with Gasteiger partial charge in [-0.25, -0.2) is 0 Å². The van der Waals surface area contributed by atoms with Crippen molar-refractivity contribution in [1.29, 1.82) is 0 Å². The number of amides is 1. The molecule has 1 aliphatic rings. The minimum absolute atomic E-state index is 0.0752. The summed E-state index contributed by atoms with van der Waals surface area (Å²) in [6.45, 7) is 1.79. The Hall–Kier alpha value is -1.10. The van der Waals surface area contributed by atoms with Crippen molar-refractivity contribution in [2.24, 2.45) is 0 Å². The van der Waals surface area contributed by atoms with Gasteiger partial charge in [0.25, 0.3) is 0 Å². The maximum absolute atomic E-state index is 11.2. The van der Waals surface area contributed by atoms with E-state index in [1.807, 2.05) is 0 Å². The van der Waals surface area contributed by atoms with Gasteiger partial charge in [-0.3, -0.25) is 9.59 Å². The predicted octanol–water partition coefficient (Wildman–Crippen LogP) is -0.281.